The van der Waals surface area contributed by atoms with E-state index in [0.29, 0.717) is 5.39 Å². The van der Waals surface area contributed by atoms with E-state index < -0.39 is 5.82 Å². The summed E-state index contributed by atoms with van der Waals surface area (Å²) in [7, 11) is 0. The van der Waals surface area contributed by atoms with Gasteiger partial charge in [-0.2, -0.15) is 10.4 Å². The van der Waals surface area contributed by atoms with Crippen molar-refractivity contribution in [1.29, 1.82) is 5.26 Å². The Morgan fingerprint density at radius 3 is 2.81 bits per heavy atom. The molecule has 21 heavy (non-hydrogen) atoms. The van der Waals surface area contributed by atoms with Gasteiger partial charge in [-0.3, -0.25) is 4.79 Å². The van der Waals surface area contributed by atoms with Crippen LogP contribution in [-0.4, -0.2) is 9.78 Å². The molecule has 0 spiro atoms. The van der Waals surface area contributed by atoms with Gasteiger partial charge in [-0.05, 0) is 12.1 Å². The van der Waals surface area contributed by atoms with Crippen LogP contribution < -0.4 is 5.56 Å². The zero-order valence-corrected chi connectivity index (χ0v) is 11.0. The molecule has 0 atom stereocenters. The number of fused-ring (bicyclic) bond motifs is 1. The van der Waals surface area contributed by atoms with Crippen LogP contribution in [0, 0.1) is 17.1 Å². The van der Waals surface area contributed by atoms with Crippen LogP contribution in [-0.2, 0) is 6.54 Å². The van der Waals surface area contributed by atoms with Gasteiger partial charge in [-0.25, -0.2) is 9.07 Å². The maximum atomic E-state index is 14.0. The lowest BCUT2D eigenvalue weighted by Gasteiger charge is -2.07. The van der Waals surface area contributed by atoms with Crippen LogP contribution in [0.3, 0.4) is 0 Å². The van der Waals surface area contributed by atoms with E-state index in [0.717, 1.165) is 5.39 Å². The molecule has 2 aromatic carbocycles. The van der Waals surface area contributed by atoms with Crippen molar-refractivity contribution in [3.05, 3.63) is 76.0 Å². The average Bonchev–Trinajstić information content (AvgIpc) is 2.52. The van der Waals surface area contributed by atoms with Gasteiger partial charge in [0.25, 0.3) is 5.56 Å². The maximum Gasteiger partial charge on any atom is 0.274 e. The summed E-state index contributed by atoms with van der Waals surface area (Å²) in [6.45, 7) is -0.00891. The number of nitrogens with zero attached hydrogens (tertiary/aromatic N) is 3. The lowest BCUT2D eigenvalue weighted by molar-refractivity contribution is 0.572. The zero-order valence-electron chi connectivity index (χ0n) is 11.0. The average molecular weight is 279 g/mol. The molecule has 3 rings (SSSR count). The van der Waals surface area contributed by atoms with E-state index in [1.807, 2.05) is 6.07 Å². The molecule has 0 aliphatic heterocycles. The van der Waals surface area contributed by atoms with E-state index in [2.05, 4.69) is 5.10 Å². The van der Waals surface area contributed by atoms with Gasteiger partial charge in [0.2, 0.25) is 0 Å². The Morgan fingerprint density at radius 1 is 1.19 bits per heavy atom. The van der Waals surface area contributed by atoms with Gasteiger partial charge in [-0.15, -0.1) is 0 Å². The first-order valence-corrected chi connectivity index (χ1v) is 6.33. The van der Waals surface area contributed by atoms with E-state index >= 15 is 0 Å². The number of nitriles is 1. The number of aromatic nitrogens is 2. The Kier molecular flexibility index (Phi) is 3.20. The van der Waals surface area contributed by atoms with Gasteiger partial charge in [0.05, 0.1) is 23.7 Å². The second-order valence-corrected chi connectivity index (χ2v) is 4.59. The Hall–Kier alpha value is -3.00. The molecule has 4 nitrogen and oxygen atoms in total. The molecule has 0 fully saturated rings. The zero-order chi connectivity index (χ0) is 14.8. The second-order valence-electron chi connectivity index (χ2n) is 4.59. The fourth-order valence-electron chi connectivity index (χ4n) is 2.19. The van der Waals surface area contributed by atoms with Crippen molar-refractivity contribution >= 4 is 10.8 Å². The molecule has 0 amide bonds. The van der Waals surface area contributed by atoms with Crippen LogP contribution >= 0.6 is 0 Å². The second kappa shape index (κ2) is 5.17. The molecule has 0 radical (unpaired) electrons. The normalized spacial score (nSPS) is 10.5. The predicted molar refractivity (Wildman–Crippen MR) is 76.2 cm³/mol. The highest BCUT2D eigenvalue weighted by atomic mass is 19.1. The molecule has 0 saturated carbocycles. The Balaban J connectivity index is 2.09. The maximum absolute atomic E-state index is 14.0. The standard InChI is InChI=1S/C16H10FN3O/c17-15-11(8-18)5-3-6-13(15)10-20-16(21)14-7-2-1-4-12(14)9-19-20/h1-7,9H,10H2. The third-order valence-corrected chi connectivity index (χ3v) is 3.28. The monoisotopic (exact) mass is 279 g/mol. The van der Waals surface area contributed by atoms with Crippen LogP contribution in [0.25, 0.3) is 10.8 Å². The quantitative estimate of drug-likeness (QED) is 0.724. The highest BCUT2D eigenvalue weighted by molar-refractivity contribution is 5.80. The van der Waals surface area contributed by atoms with E-state index in [-0.39, 0.29) is 23.2 Å². The summed E-state index contributed by atoms with van der Waals surface area (Å²) >= 11 is 0. The highest BCUT2D eigenvalue weighted by Crippen LogP contribution is 2.13. The first-order chi connectivity index (χ1) is 10.2. The molecule has 5 heteroatoms. The predicted octanol–water partition coefficient (Wildman–Crippen LogP) is 2.46. The van der Waals surface area contributed by atoms with E-state index in [9.17, 15) is 9.18 Å². The van der Waals surface area contributed by atoms with Gasteiger partial charge in [0, 0.05) is 10.9 Å². The molecular weight excluding hydrogens is 269 g/mol. The van der Waals surface area contributed by atoms with E-state index in [4.69, 9.17) is 5.26 Å². The summed E-state index contributed by atoms with van der Waals surface area (Å²) in [5.74, 6) is -0.609. The first-order valence-electron chi connectivity index (χ1n) is 6.33. The summed E-state index contributed by atoms with van der Waals surface area (Å²) in [4.78, 5) is 12.3. The Morgan fingerprint density at radius 2 is 2.00 bits per heavy atom. The van der Waals surface area contributed by atoms with Crippen LogP contribution in [0.2, 0.25) is 0 Å². The third-order valence-electron chi connectivity index (χ3n) is 3.28. The molecule has 1 heterocycles. The minimum absolute atomic E-state index is 0.00891. The van der Waals surface area contributed by atoms with Gasteiger partial charge < -0.3 is 0 Å². The summed E-state index contributed by atoms with van der Waals surface area (Å²) < 4.78 is 15.2. The Bertz CT molecular complexity index is 925. The lowest BCUT2D eigenvalue weighted by Crippen LogP contribution is -2.23. The van der Waals surface area contributed by atoms with Crippen molar-refractivity contribution in [1.82, 2.24) is 9.78 Å². The number of rotatable bonds is 2. The van der Waals surface area contributed by atoms with Crippen molar-refractivity contribution in [2.75, 3.05) is 0 Å². The molecule has 0 saturated heterocycles. The Labute approximate surface area is 119 Å². The molecular formula is C16H10FN3O. The lowest BCUT2D eigenvalue weighted by atomic mass is 10.1. The molecule has 0 aliphatic rings. The topological polar surface area (TPSA) is 58.7 Å². The summed E-state index contributed by atoms with van der Waals surface area (Å²) in [5.41, 5.74) is -0.0601. The van der Waals surface area contributed by atoms with Crippen molar-refractivity contribution in [2.24, 2.45) is 0 Å². The van der Waals surface area contributed by atoms with Gasteiger partial charge in [0.1, 0.15) is 11.9 Å². The first kappa shape index (κ1) is 13.0. The summed E-state index contributed by atoms with van der Waals surface area (Å²) in [5, 5.41) is 14.2. The van der Waals surface area contributed by atoms with Crippen molar-refractivity contribution in [3.8, 4) is 6.07 Å². The van der Waals surface area contributed by atoms with E-state index in [1.54, 1.807) is 42.6 Å². The van der Waals surface area contributed by atoms with E-state index in [1.165, 1.54) is 10.7 Å². The van der Waals surface area contributed by atoms with Crippen LogP contribution in [0.4, 0.5) is 4.39 Å². The SMILES string of the molecule is N#Cc1cccc(Cn2ncc3ccccc3c2=O)c1F. The minimum Gasteiger partial charge on any atom is -0.267 e. The number of halogens is 1. The largest absolute Gasteiger partial charge is 0.274 e. The van der Waals surface area contributed by atoms with Crippen LogP contribution in [0.1, 0.15) is 11.1 Å². The minimum atomic E-state index is -0.609. The fraction of sp³-hybridized carbons (Fsp3) is 0.0625. The summed E-state index contributed by atoms with van der Waals surface area (Å²) in [6.07, 6.45) is 1.57. The number of hydrogen-bond donors (Lipinski definition) is 0. The van der Waals surface area contributed by atoms with Crippen molar-refractivity contribution in [3.63, 3.8) is 0 Å². The fourth-order valence-corrected chi connectivity index (χ4v) is 2.19. The van der Waals surface area contributed by atoms with Crippen molar-refractivity contribution in [2.45, 2.75) is 6.54 Å². The molecule has 3 aromatic rings. The molecule has 0 bridgehead atoms. The molecule has 0 aliphatic carbocycles. The molecule has 102 valence electrons. The number of hydrogen-bond acceptors (Lipinski definition) is 3. The van der Waals surface area contributed by atoms with Gasteiger partial charge >= 0.3 is 0 Å². The smallest absolute Gasteiger partial charge is 0.267 e. The van der Waals surface area contributed by atoms with Crippen LogP contribution in [0.15, 0.2) is 53.5 Å². The number of benzene rings is 2. The van der Waals surface area contributed by atoms with Crippen LogP contribution in [0.5, 0.6) is 0 Å². The molecule has 0 unspecified atom stereocenters. The molecule has 0 N–H and O–H groups in total. The molecule has 1 aromatic heterocycles. The third kappa shape index (κ3) is 2.28. The summed E-state index contributed by atoms with van der Waals surface area (Å²) in [6, 6.07) is 13.4. The van der Waals surface area contributed by atoms with Gasteiger partial charge in [-0.1, -0.05) is 30.3 Å². The van der Waals surface area contributed by atoms with Gasteiger partial charge in [0.15, 0.2) is 0 Å². The highest BCUT2D eigenvalue weighted by Gasteiger charge is 2.10. The van der Waals surface area contributed by atoms with Crippen molar-refractivity contribution < 1.29 is 4.39 Å².